The van der Waals surface area contributed by atoms with Crippen molar-refractivity contribution in [2.24, 2.45) is 0 Å². The summed E-state index contributed by atoms with van der Waals surface area (Å²) in [5.41, 5.74) is 0. The Kier molecular flexibility index (Phi) is 13.8. The molecule has 0 atom stereocenters. The number of hydrogen-bond acceptors (Lipinski definition) is 0. The fourth-order valence-electron chi connectivity index (χ4n) is 4.36. The molecule has 6 rings (SSSR count). The molecule has 0 aliphatic rings. The molecule has 0 spiro atoms. The molecule has 0 N–H and O–H groups in total. The second kappa shape index (κ2) is 17.3. The molecule has 40 heavy (non-hydrogen) atoms. The number of halogens is 1. The van der Waals surface area contributed by atoms with Crippen LogP contribution in [0.25, 0.3) is 0 Å². The smallest absolute Gasteiger partial charge is 1.00 e. The zero-order valence-electron chi connectivity index (χ0n) is 21.9. The largest absolute Gasteiger partial charge is 2.00 e. The average Bonchev–Trinajstić information content (AvgIpc) is 3.01. The van der Waals surface area contributed by atoms with Crippen LogP contribution in [0.2, 0.25) is 0 Å². The molecular weight excluding hydrogens is 680 g/mol. The molecule has 0 radical (unpaired) electrons. The SMILES string of the molecule is [I-].[Ni+2].c1ccc(P(c2ccccc2)c2ccccc2)cc1.c1ccc(P(c2ccccc2)c2ccccc2)cc1. The zero-order chi connectivity index (χ0) is 25.8. The van der Waals surface area contributed by atoms with Gasteiger partial charge in [0.05, 0.1) is 0 Å². The fourth-order valence-corrected chi connectivity index (χ4v) is 8.97. The van der Waals surface area contributed by atoms with Crippen LogP contribution < -0.4 is 55.8 Å². The van der Waals surface area contributed by atoms with Crippen molar-refractivity contribution < 1.29 is 40.5 Å². The van der Waals surface area contributed by atoms with E-state index in [1.54, 1.807) is 0 Å². The first-order valence-corrected chi connectivity index (χ1v) is 15.5. The molecule has 0 heterocycles. The van der Waals surface area contributed by atoms with Gasteiger partial charge in [0.15, 0.2) is 0 Å². The summed E-state index contributed by atoms with van der Waals surface area (Å²) in [6.45, 7) is 0. The van der Waals surface area contributed by atoms with Crippen molar-refractivity contribution in [2.75, 3.05) is 0 Å². The molecule has 200 valence electrons. The Balaban J connectivity index is 0.000000210. The van der Waals surface area contributed by atoms with Gasteiger partial charge >= 0.3 is 16.5 Å². The molecule has 0 aromatic heterocycles. The molecule has 0 nitrogen and oxygen atoms in total. The first-order chi connectivity index (χ1) is 18.9. The van der Waals surface area contributed by atoms with Gasteiger partial charge in [-0.05, 0) is 47.7 Å². The normalized spacial score (nSPS) is 10.1. The number of hydrogen-bond donors (Lipinski definition) is 0. The topological polar surface area (TPSA) is 0 Å². The van der Waals surface area contributed by atoms with Crippen LogP contribution in [0.5, 0.6) is 0 Å². The molecule has 0 aliphatic carbocycles. The maximum absolute atomic E-state index is 2.23. The second-order valence-corrected chi connectivity index (χ2v) is 13.1. The Morgan fingerprint density at radius 2 is 0.350 bits per heavy atom. The molecule has 0 saturated carbocycles. The second-order valence-electron chi connectivity index (χ2n) is 8.68. The molecule has 4 heteroatoms. The molecule has 6 aromatic rings. The minimum absolute atomic E-state index is 0. The van der Waals surface area contributed by atoms with Gasteiger partial charge in [-0.15, -0.1) is 0 Å². The Morgan fingerprint density at radius 3 is 0.475 bits per heavy atom. The van der Waals surface area contributed by atoms with Crippen molar-refractivity contribution in [1.82, 2.24) is 0 Å². The third-order valence-electron chi connectivity index (χ3n) is 6.09. The number of rotatable bonds is 6. The van der Waals surface area contributed by atoms with Crippen molar-refractivity contribution >= 4 is 47.7 Å². The van der Waals surface area contributed by atoms with E-state index in [1.807, 2.05) is 0 Å². The van der Waals surface area contributed by atoms with Crippen LogP contribution in [0, 0.1) is 0 Å². The molecule has 0 unspecified atom stereocenters. The summed E-state index contributed by atoms with van der Waals surface area (Å²) in [5.74, 6) is 0. The van der Waals surface area contributed by atoms with Gasteiger partial charge in [0.1, 0.15) is 0 Å². The van der Waals surface area contributed by atoms with Gasteiger partial charge in [0, 0.05) is 0 Å². The molecule has 0 amide bonds. The summed E-state index contributed by atoms with van der Waals surface area (Å²) in [6, 6.07) is 64.7. The summed E-state index contributed by atoms with van der Waals surface area (Å²) < 4.78 is 0. The zero-order valence-corrected chi connectivity index (χ0v) is 26.8. The maximum atomic E-state index is 2.23. The molecular formula is C36H30INiP2+. The summed E-state index contributed by atoms with van der Waals surface area (Å²) >= 11 is 0. The van der Waals surface area contributed by atoms with Crippen LogP contribution in [0.3, 0.4) is 0 Å². The number of benzene rings is 6. The quantitative estimate of drug-likeness (QED) is 0.140. The van der Waals surface area contributed by atoms with E-state index in [4.69, 9.17) is 0 Å². The van der Waals surface area contributed by atoms with Crippen LogP contribution in [-0.4, -0.2) is 0 Å². The first kappa shape index (κ1) is 31.9. The Hall–Kier alpha value is -2.60. The van der Waals surface area contributed by atoms with E-state index in [2.05, 4.69) is 182 Å². The van der Waals surface area contributed by atoms with Gasteiger partial charge in [-0.2, -0.15) is 0 Å². The standard InChI is InChI=1S/2C18H15P.HI.Ni/c2*1-4-10-16(11-5-1)19(17-12-6-2-7-13-17)18-14-8-3-9-15-18;;/h2*1-15H;1H;/q;;;+2/p-1. The van der Waals surface area contributed by atoms with Crippen LogP contribution >= 0.6 is 15.8 Å². The van der Waals surface area contributed by atoms with E-state index in [0.29, 0.717) is 0 Å². The van der Waals surface area contributed by atoms with Gasteiger partial charge in [0.2, 0.25) is 0 Å². The minimum Gasteiger partial charge on any atom is -1.00 e. The van der Waals surface area contributed by atoms with Crippen molar-refractivity contribution in [3.8, 4) is 0 Å². The van der Waals surface area contributed by atoms with Crippen LogP contribution in [0.1, 0.15) is 0 Å². The van der Waals surface area contributed by atoms with Gasteiger partial charge in [-0.25, -0.2) is 0 Å². The van der Waals surface area contributed by atoms with Crippen molar-refractivity contribution in [2.45, 2.75) is 0 Å². The molecule has 0 saturated heterocycles. The van der Waals surface area contributed by atoms with E-state index >= 15 is 0 Å². The molecule has 0 bridgehead atoms. The fraction of sp³-hybridized carbons (Fsp3) is 0. The van der Waals surface area contributed by atoms with Crippen molar-refractivity contribution in [3.05, 3.63) is 182 Å². The minimum atomic E-state index is -0.446. The van der Waals surface area contributed by atoms with E-state index in [1.165, 1.54) is 31.8 Å². The van der Waals surface area contributed by atoms with Crippen LogP contribution in [0.15, 0.2) is 182 Å². The Bertz CT molecular complexity index is 1180. The van der Waals surface area contributed by atoms with Gasteiger partial charge in [0.25, 0.3) is 0 Å². The van der Waals surface area contributed by atoms with Gasteiger partial charge in [-0.3, -0.25) is 0 Å². The van der Waals surface area contributed by atoms with Gasteiger partial charge in [-0.1, -0.05) is 182 Å². The summed E-state index contributed by atoms with van der Waals surface area (Å²) in [6.07, 6.45) is 0. The molecule has 6 aromatic carbocycles. The summed E-state index contributed by atoms with van der Waals surface area (Å²) in [7, 11) is -0.892. The molecule has 0 aliphatic heterocycles. The predicted octanol–water partition coefficient (Wildman–Crippen LogP) is 3.89. The summed E-state index contributed by atoms with van der Waals surface area (Å²) in [5, 5.41) is 8.39. The van der Waals surface area contributed by atoms with E-state index in [-0.39, 0.29) is 40.5 Å². The Labute approximate surface area is 268 Å². The average molecular weight is 710 g/mol. The Morgan fingerprint density at radius 1 is 0.225 bits per heavy atom. The van der Waals surface area contributed by atoms with Crippen molar-refractivity contribution in [1.29, 1.82) is 0 Å². The van der Waals surface area contributed by atoms with Crippen molar-refractivity contribution in [3.63, 3.8) is 0 Å². The van der Waals surface area contributed by atoms with Crippen LogP contribution in [0.4, 0.5) is 0 Å². The van der Waals surface area contributed by atoms with E-state index < -0.39 is 15.8 Å². The predicted molar refractivity (Wildman–Crippen MR) is 170 cm³/mol. The first-order valence-electron chi connectivity index (χ1n) is 12.8. The van der Waals surface area contributed by atoms with E-state index in [9.17, 15) is 0 Å². The van der Waals surface area contributed by atoms with Crippen LogP contribution in [-0.2, 0) is 16.5 Å². The van der Waals surface area contributed by atoms with E-state index in [0.717, 1.165) is 0 Å². The third-order valence-corrected chi connectivity index (χ3v) is 11.0. The van der Waals surface area contributed by atoms with Gasteiger partial charge < -0.3 is 24.0 Å². The monoisotopic (exact) mass is 709 g/mol. The third kappa shape index (κ3) is 8.70. The maximum Gasteiger partial charge on any atom is 2.00 e. The summed E-state index contributed by atoms with van der Waals surface area (Å²) in [4.78, 5) is 0. The molecule has 0 fully saturated rings.